The molecule has 0 radical (unpaired) electrons. The molecule has 3 aromatic rings. The molecule has 0 fully saturated rings. The zero-order valence-corrected chi connectivity index (χ0v) is 10.8. The van der Waals surface area contributed by atoms with Gasteiger partial charge in [-0.1, -0.05) is 12.1 Å². The Morgan fingerprint density at radius 1 is 1.11 bits per heavy atom. The first kappa shape index (κ1) is 12.0. The molecular weight excluding hydrogens is 260 g/mol. The van der Waals surface area contributed by atoms with Crippen LogP contribution in [0.1, 0.15) is 0 Å². The largest absolute Gasteiger partial charge is 0.399 e. The molecule has 1 unspecified atom stereocenters. The Labute approximate surface area is 112 Å². The lowest BCUT2D eigenvalue weighted by Crippen LogP contribution is -1.87. The van der Waals surface area contributed by atoms with Gasteiger partial charge in [-0.3, -0.25) is 0 Å². The van der Waals surface area contributed by atoms with Gasteiger partial charge in [0.2, 0.25) is 0 Å². The van der Waals surface area contributed by atoms with Gasteiger partial charge in [0.15, 0.2) is 11.1 Å². The van der Waals surface area contributed by atoms with Crippen LogP contribution in [0, 0.1) is 0 Å². The second-order valence-electron chi connectivity index (χ2n) is 4.28. The van der Waals surface area contributed by atoms with E-state index in [0.29, 0.717) is 10.6 Å². The summed E-state index contributed by atoms with van der Waals surface area (Å²) < 4.78 is 19.9. The fraction of sp³-hybridized carbons (Fsp3) is 0. The molecule has 2 aromatic carbocycles. The summed E-state index contributed by atoms with van der Waals surface area (Å²) in [7, 11) is 0. The second-order valence-corrected chi connectivity index (χ2v) is 5.25. The Balaban J connectivity index is 2.13. The molecule has 0 aliphatic rings. The zero-order valence-electron chi connectivity index (χ0n) is 9.96. The average molecular weight is 272 g/mol. The highest BCUT2D eigenvalue weighted by molar-refractivity contribution is 7.79. The molecular formula is C14H12N2O2S. The van der Waals surface area contributed by atoms with Crippen LogP contribution in [0.3, 0.4) is 0 Å². The number of benzene rings is 2. The van der Waals surface area contributed by atoms with Gasteiger partial charge in [-0.25, -0.2) is 4.21 Å². The number of aromatic amines is 1. The van der Waals surface area contributed by atoms with Crippen LogP contribution in [-0.4, -0.2) is 13.7 Å². The molecule has 0 spiro atoms. The van der Waals surface area contributed by atoms with Crippen molar-refractivity contribution in [2.24, 2.45) is 0 Å². The molecule has 1 atom stereocenters. The summed E-state index contributed by atoms with van der Waals surface area (Å²) in [5, 5.41) is 1.04. The van der Waals surface area contributed by atoms with E-state index in [1.807, 2.05) is 36.5 Å². The van der Waals surface area contributed by atoms with Crippen molar-refractivity contribution >= 4 is 27.7 Å². The maximum absolute atomic E-state index is 10.9. The summed E-state index contributed by atoms with van der Waals surface area (Å²) in [6, 6.07) is 12.7. The molecule has 0 aliphatic carbocycles. The number of aromatic nitrogens is 1. The first-order valence-corrected chi connectivity index (χ1v) is 6.84. The van der Waals surface area contributed by atoms with Gasteiger partial charge < -0.3 is 15.3 Å². The van der Waals surface area contributed by atoms with Gasteiger partial charge in [-0.15, -0.1) is 0 Å². The highest BCUT2D eigenvalue weighted by atomic mass is 32.2. The van der Waals surface area contributed by atoms with Crippen LogP contribution in [0.4, 0.5) is 5.69 Å². The van der Waals surface area contributed by atoms with E-state index < -0.39 is 11.1 Å². The van der Waals surface area contributed by atoms with Crippen molar-refractivity contribution in [3.05, 3.63) is 48.7 Å². The molecule has 0 saturated carbocycles. The maximum Gasteiger partial charge on any atom is 0.186 e. The SMILES string of the molecule is Nc1ccc2[nH]cc(-c3ccc(S(=O)O)cc3)c2c1. The van der Waals surface area contributed by atoms with E-state index in [9.17, 15) is 4.21 Å². The number of H-pyrrole nitrogens is 1. The van der Waals surface area contributed by atoms with Crippen LogP contribution in [0.2, 0.25) is 0 Å². The predicted molar refractivity (Wildman–Crippen MR) is 77.2 cm³/mol. The fourth-order valence-electron chi connectivity index (χ4n) is 2.13. The van der Waals surface area contributed by atoms with Crippen LogP contribution in [0.25, 0.3) is 22.0 Å². The Bertz CT molecular complexity index is 763. The lowest BCUT2D eigenvalue weighted by atomic mass is 10.0. The van der Waals surface area contributed by atoms with E-state index >= 15 is 0 Å². The molecule has 0 bridgehead atoms. The quantitative estimate of drug-likeness (QED) is 0.495. The summed E-state index contributed by atoms with van der Waals surface area (Å²) in [6.45, 7) is 0. The van der Waals surface area contributed by atoms with Crippen molar-refractivity contribution in [2.75, 3.05) is 5.73 Å². The molecule has 0 aliphatic heterocycles. The zero-order chi connectivity index (χ0) is 13.4. The summed E-state index contributed by atoms with van der Waals surface area (Å²) in [5.74, 6) is 0. The van der Waals surface area contributed by atoms with Gasteiger partial charge in [0.25, 0.3) is 0 Å². The number of nitrogen functional groups attached to an aromatic ring is 1. The number of nitrogens with two attached hydrogens (primary N) is 1. The van der Waals surface area contributed by atoms with Gasteiger partial charge in [0, 0.05) is 28.4 Å². The van der Waals surface area contributed by atoms with Crippen molar-refractivity contribution in [3.8, 4) is 11.1 Å². The standard InChI is InChI=1S/C14H12N2O2S/c15-10-3-6-14-12(7-10)13(8-16-14)9-1-4-11(5-2-9)19(17)18/h1-8,16H,15H2,(H,17,18). The number of anilines is 1. The van der Waals surface area contributed by atoms with Gasteiger partial charge in [-0.2, -0.15) is 0 Å². The van der Waals surface area contributed by atoms with Crippen molar-refractivity contribution in [3.63, 3.8) is 0 Å². The third kappa shape index (κ3) is 2.14. The summed E-state index contributed by atoms with van der Waals surface area (Å²) in [5.41, 5.74) is 9.53. The number of nitrogens with one attached hydrogen (secondary N) is 1. The van der Waals surface area contributed by atoms with Gasteiger partial charge >= 0.3 is 0 Å². The van der Waals surface area contributed by atoms with Gasteiger partial charge in [-0.05, 0) is 35.9 Å². The van der Waals surface area contributed by atoms with Crippen LogP contribution in [-0.2, 0) is 11.1 Å². The van der Waals surface area contributed by atoms with Crippen LogP contribution < -0.4 is 5.73 Å². The van der Waals surface area contributed by atoms with Crippen LogP contribution in [0.5, 0.6) is 0 Å². The average Bonchev–Trinajstić information content (AvgIpc) is 2.81. The first-order chi connectivity index (χ1) is 9.15. The number of fused-ring (bicyclic) bond motifs is 1. The third-order valence-electron chi connectivity index (χ3n) is 3.07. The molecule has 1 heterocycles. The Morgan fingerprint density at radius 3 is 2.53 bits per heavy atom. The summed E-state index contributed by atoms with van der Waals surface area (Å²) in [6.07, 6.45) is 1.91. The minimum atomic E-state index is -1.94. The Hall–Kier alpha value is -2.11. The minimum absolute atomic E-state index is 0.392. The molecule has 1 aromatic heterocycles. The first-order valence-electron chi connectivity index (χ1n) is 5.73. The van der Waals surface area contributed by atoms with Crippen molar-refractivity contribution in [1.29, 1.82) is 0 Å². The van der Waals surface area contributed by atoms with Crippen molar-refractivity contribution in [1.82, 2.24) is 4.98 Å². The second kappa shape index (κ2) is 4.53. The Morgan fingerprint density at radius 2 is 1.84 bits per heavy atom. The molecule has 0 amide bonds. The van der Waals surface area contributed by atoms with Crippen molar-refractivity contribution < 1.29 is 8.76 Å². The molecule has 19 heavy (non-hydrogen) atoms. The molecule has 3 rings (SSSR count). The molecule has 96 valence electrons. The molecule has 4 nitrogen and oxygen atoms in total. The smallest absolute Gasteiger partial charge is 0.186 e. The topological polar surface area (TPSA) is 79.1 Å². The lowest BCUT2D eigenvalue weighted by Gasteiger charge is -2.01. The normalized spacial score (nSPS) is 12.7. The van der Waals surface area contributed by atoms with E-state index in [0.717, 1.165) is 22.0 Å². The molecule has 4 N–H and O–H groups in total. The molecule has 5 heteroatoms. The summed E-state index contributed by atoms with van der Waals surface area (Å²) >= 11 is -1.94. The molecule has 0 saturated heterocycles. The van der Waals surface area contributed by atoms with E-state index in [1.54, 1.807) is 12.1 Å². The number of hydrogen-bond donors (Lipinski definition) is 3. The van der Waals surface area contributed by atoms with E-state index in [1.165, 1.54) is 0 Å². The Kier molecular flexibility index (Phi) is 2.85. The number of hydrogen-bond acceptors (Lipinski definition) is 2. The minimum Gasteiger partial charge on any atom is -0.399 e. The summed E-state index contributed by atoms with van der Waals surface area (Å²) in [4.78, 5) is 3.58. The third-order valence-corrected chi connectivity index (χ3v) is 3.75. The monoisotopic (exact) mass is 272 g/mol. The van der Waals surface area contributed by atoms with Gasteiger partial charge in [0.1, 0.15) is 0 Å². The van der Waals surface area contributed by atoms with E-state index in [4.69, 9.17) is 10.3 Å². The van der Waals surface area contributed by atoms with E-state index in [2.05, 4.69) is 4.98 Å². The van der Waals surface area contributed by atoms with Crippen molar-refractivity contribution in [2.45, 2.75) is 4.90 Å². The van der Waals surface area contributed by atoms with Crippen LogP contribution in [0.15, 0.2) is 53.6 Å². The van der Waals surface area contributed by atoms with Crippen LogP contribution >= 0.6 is 0 Å². The maximum atomic E-state index is 10.9. The van der Waals surface area contributed by atoms with Gasteiger partial charge in [0.05, 0.1) is 4.90 Å². The highest BCUT2D eigenvalue weighted by Gasteiger charge is 2.07. The van der Waals surface area contributed by atoms with E-state index in [-0.39, 0.29) is 0 Å². The lowest BCUT2D eigenvalue weighted by molar-refractivity contribution is 0.564. The predicted octanol–water partition coefficient (Wildman–Crippen LogP) is 3.00. The number of rotatable bonds is 2. The highest BCUT2D eigenvalue weighted by Crippen LogP contribution is 2.30. The fourth-order valence-corrected chi connectivity index (χ4v) is 2.50.